The van der Waals surface area contributed by atoms with Crippen molar-refractivity contribution in [3.05, 3.63) is 72.2 Å². The number of nitrogens with zero attached hydrogens (tertiary/aromatic N) is 3. The molecule has 3 aromatic rings. The van der Waals surface area contributed by atoms with Crippen LogP contribution in [0.5, 0.6) is 11.5 Å². The fourth-order valence-corrected chi connectivity index (χ4v) is 2.42. The maximum atomic E-state index is 12.4. The highest BCUT2D eigenvalue weighted by Crippen LogP contribution is 2.17. The molecule has 1 amide bonds. The van der Waals surface area contributed by atoms with Crippen LogP contribution in [0, 0.1) is 11.3 Å². The van der Waals surface area contributed by atoms with E-state index in [1.165, 1.54) is 6.33 Å². The smallest absolute Gasteiger partial charge is 0.274 e. The van der Waals surface area contributed by atoms with E-state index in [4.69, 9.17) is 14.7 Å². The second kappa shape index (κ2) is 9.71. The van der Waals surface area contributed by atoms with Gasteiger partial charge in [0, 0.05) is 11.8 Å². The van der Waals surface area contributed by atoms with Crippen molar-refractivity contribution in [3.8, 4) is 17.6 Å². The Morgan fingerprint density at radius 1 is 1.07 bits per heavy atom. The van der Waals surface area contributed by atoms with Crippen molar-refractivity contribution in [3.63, 3.8) is 0 Å². The molecular formula is C21H19N5O3. The molecule has 3 rings (SSSR count). The summed E-state index contributed by atoms with van der Waals surface area (Å²) in [5.41, 5.74) is 1.33. The molecule has 0 saturated carbocycles. The van der Waals surface area contributed by atoms with Crippen molar-refractivity contribution in [1.82, 2.24) is 9.97 Å². The Labute approximate surface area is 168 Å². The second-order valence-corrected chi connectivity index (χ2v) is 5.88. The molecule has 1 aromatic heterocycles. The average Bonchev–Trinajstić information content (AvgIpc) is 2.78. The molecule has 146 valence electrons. The summed E-state index contributed by atoms with van der Waals surface area (Å²) in [6.07, 6.45) is 1.32. The van der Waals surface area contributed by atoms with Crippen LogP contribution in [0.3, 0.4) is 0 Å². The lowest BCUT2D eigenvalue weighted by Crippen LogP contribution is -2.16. The zero-order chi connectivity index (χ0) is 20.5. The van der Waals surface area contributed by atoms with Crippen LogP contribution in [0.2, 0.25) is 0 Å². The molecule has 0 aliphatic heterocycles. The number of aromatic nitrogens is 2. The Morgan fingerprint density at radius 2 is 1.79 bits per heavy atom. The lowest BCUT2D eigenvalue weighted by molar-refractivity contribution is 0.102. The zero-order valence-corrected chi connectivity index (χ0v) is 15.8. The Kier molecular flexibility index (Phi) is 6.58. The van der Waals surface area contributed by atoms with Crippen molar-refractivity contribution >= 4 is 17.4 Å². The number of hydrogen-bond donors (Lipinski definition) is 2. The molecule has 0 spiro atoms. The summed E-state index contributed by atoms with van der Waals surface area (Å²) in [5, 5.41) is 14.6. The van der Waals surface area contributed by atoms with Gasteiger partial charge < -0.3 is 20.1 Å². The number of benzene rings is 2. The van der Waals surface area contributed by atoms with Gasteiger partial charge in [-0.25, -0.2) is 9.97 Å². The molecule has 0 aliphatic carbocycles. The third kappa shape index (κ3) is 5.68. The van der Waals surface area contributed by atoms with E-state index >= 15 is 0 Å². The summed E-state index contributed by atoms with van der Waals surface area (Å²) in [7, 11) is 1.61. The van der Waals surface area contributed by atoms with Gasteiger partial charge in [-0.2, -0.15) is 5.26 Å². The summed E-state index contributed by atoms with van der Waals surface area (Å²) in [5.74, 6) is 1.65. The Hall–Kier alpha value is -4.12. The minimum atomic E-state index is -0.366. The van der Waals surface area contributed by atoms with E-state index in [1.807, 2.05) is 30.3 Å². The van der Waals surface area contributed by atoms with E-state index in [1.54, 1.807) is 37.4 Å². The first-order valence-electron chi connectivity index (χ1n) is 8.82. The van der Waals surface area contributed by atoms with E-state index in [2.05, 4.69) is 20.6 Å². The molecule has 0 radical (unpaired) electrons. The van der Waals surface area contributed by atoms with Crippen molar-refractivity contribution < 1.29 is 14.3 Å². The van der Waals surface area contributed by atoms with Crippen molar-refractivity contribution in [2.75, 3.05) is 30.9 Å². The van der Waals surface area contributed by atoms with E-state index in [-0.39, 0.29) is 11.6 Å². The van der Waals surface area contributed by atoms with Crippen LogP contribution in [-0.4, -0.2) is 36.1 Å². The maximum absolute atomic E-state index is 12.4. The van der Waals surface area contributed by atoms with Gasteiger partial charge in [-0.15, -0.1) is 0 Å². The zero-order valence-electron chi connectivity index (χ0n) is 15.8. The van der Waals surface area contributed by atoms with Crippen LogP contribution in [0.4, 0.5) is 11.5 Å². The predicted octanol–water partition coefficient (Wildman–Crippen LogP) is 3.10. The molecule has 0 atom stereocenters. The quantitative estimate of drug-likeness (QED) is 0.570. The van der Waals surface area contributed by atoms with Crippen molar-refractivity contribution in [1.29, 1.82) is 5.26 Å². The van der Waals surface area contributed by atoms with Crippen LogP contribution < -0.4 is 20.1 Å². The van der Waals surface area contributed by atoms with Gasteiger partial charge in [0.25, 0.3) is 5.91 Å². The molecule has 0 fully saturated rings. The van der Waals surface area contributed by atoms with Crippen molar-refractivity contribution in [2.45, 2.75) is 0 Å². The first-order chi connectivity index (χ1) is 14.2. The molecule has 8 heteroatoms. The highest BCUT2D eigenvalue weighted by atomic mass is 16.5. The lowest BCUT2D eigenvalue weighted by atomic mass is 10.2. The van der Waals surface area contributed by atoms with Gasteiger partial charge in [0.15, 0.2) is 0 Å². The molecular weight excluding hydrogens is 370 g/mol. The molecule has 0 saturated heterocycles. The monoisotopic (exact) mass is 389 g/mol. The van der Waals surface area contributed by atoms with E-state index < -0.39 is 0 Å². The van der Waals surface area contributed by atoms with E-state index in [0.29, 0.717) is 30.2 Å². The molecule has 8 nitrogen and oxygen atoms in total. The van der Waals surface area contributed by atoms with Gasteiger partial charge >= 0.3 is 0 Å². The minimum absolute atomic E-state index is 0.225. The fraction of sp³-hybridized carbons (Fsp3) is 0.143. The van der Waals surface area contributed by atoms with Gasteiger partial charge in [0.05, 0.1) is 25.3 Å². The van der Waals surface area contributed by atoms with Crippen LogP contribution >= 0.6 is 0 Å². The first kappa shape index (κ1) is 19.6. The lowest BCUT2D eigenvalue weighted by Gasteiger charge is -2.09. The second-order valence-electron chi connectivity index (χ2n) is 5.88. The first-order valence-corrected chi connectivity index (χ1v) is 8.82. The Balaban J connectivity index is 1.50. The van der Waals surface area contributed by atoms with Crippen LogP contribution in [0.15, 0.2) is 60.9 Å². The number of nitriles is 1. The maximum Gasteiger partial charge on any atom is 0.274 e. The normalized spacial score (nSPS) is 9.93. The van der Waals surface area contributed by atoms with Crippen LogP contribution in [0.1, 0.15) is 16.1 Å². The Morgan fingerprint density at radius 3 is 2.48 bits per heavy atom. The number of hydrogen-bond acceptors (Lipinski definition) is 7. The highest BCUT2D eigenvalue weighted by Gasteiger charge is 2.09. The number of anilines is 2. The molecule has 29 heavy (non-hydrogen) atoms. The summed E-state index contributed by atoms with van der Waals surface area (Å²) in [6.45, 7) is 0.919. The van der Waals surface area contributed by atoms with Crippen LogP contribution in [-0.2, 0) is 0 Å². The molecule has 0 bridgehead atoms. The van der Waals surface area contributed by atoms with Gasteiger partial charge in [0.1, 0.15) is 35.9 Å². The number of rotatable bonds is 8. The largest absolute Gasteiger partial charge is 0.497 e. The molecule has 0 unspecified atom stereocenters. The number of methoxy groups -OCH3 is 1. The fourth-order valence-electron chi connectivity index (χ4n) is 2.42. The van der Waals surface area contributed by atoms with Gasteiger partial charge in [0.2, 0.25) is 0 Å². The summed E-state index contributed by atoms with van der Waals surface area (Å²) >= 11 is 0. The number of nitrogens with one attached hydrogen (secondary N) is 2. The summed E-state index contributed by atoms with van der Waals surface area (Å²) in [4.78, 5) is 20.5. The van der Waals surface area contributed by atoms with Gasteiger partial charge in [-0.1, -0.05) is 0 Å². The average molecular weight is 389 g/mol. The SMILES string of the molecule is COc1ccc(OCCNc2cc(C(=O)Nc3ccc(C#N)cc3)ncn2)cc1. The minimum Gasteiger partial charge on any atom is -0.497 e. The standard InChI is InChI=1S/C21H19N5O3/c1-28-17-6-8-18(9-7-17)29-11-10-23-20-12-19(24-14-25-20)21(27)26-16-4-2-15(13-22)3-5-16/h2-9,12,14H,10-11H2,1H3,(H,26,27)(H,23,24,25). The predicted molar refractivity (Wildman–Crippen MR) is 108 cm³/mol. The Bertz CT molecular complexity index is 998. The summed E-state index contributed by atoms with van der Waals surface area (Å²) < 4.78 is 10.7. The molecule has 2 N–H and O–H groups in total. The molecule has 2 aromatic carbocycles. The molecule has 1 heterocycles. The van der Waals surface area contributed by atoms with E-state index in [9.17, 15) is 4.79 Å². The van der Waals surface area contributed by atoms with E-state index in [0.717, 1.165) is 11.5 Å². The third-order valence-electron chi connectivity index (χ3n) is 3.91. The number of ether oxygens (including phenoxy) is 2. The topological polar surface area (TPSA) is 109 Å². The number of carbonyl (C=O) groups is 1. The van der Waals surface area contributed by atoms with Crippen molar-refractivity contribution in [2.24, 2.45) is 0 Å². The van der Waals surface area contributed by atoms with Crippen LogP contribution in [0.25, 0.3) is 0 Å². The molecule has 0 aliphatic rings. The van der Waals surface area contributed by atoms with Gasteiger partial charge in [-0.05, 0) is 48.5 Å². The number of carbonyl (C=O) groups excluding carboxylic acids is 1. The van der Waals surface area contributed by atoms with Gasteiger partial charge in [-0.3, -0.25) is 4.79 Å². The summed E-state index contributed by atoms with van der Waals surface area (Å²) in [6, 6.07) is 17.5. The third-order valence-corrected chi connectivity index (χ3v) is 3.91. The highest BCUT2D eigenvalue weighted by molar-refractivity contribution is 6.03. The number of amides is 1.